The van der Waals surface area contributed by atoms with Crippen molar-refractivity contribution in [3.8, 4) is 0 Å². The highest BCUT2D eigenvalue weighted by molar-refractivity contribution is 7.19. The van der Waals surface area contributed by atoms with Crippen molar-refractivity contribution in [2.45, 2.75) is 32.2 Å². The minimum Gasteiger partial charge on any atom is -0.361 e. The van der Waals surface area contributed by atoms with Gasteiger partial charge in [0.2, 0.25) is 0 Å². The van der Waals surface area contributed by atoms with E-state index in [9.17, 15) is 0 Å². The molecule has 1 aliphatic rings. The fraction of sp³-hybridized carbons (Fsp3) is 0.312. The second kappa shape index (κ2) is 5.07. The third kappa shape index (κ3) is 2.17. The Labute approximate surface area is 127 Å². The Morgan fingerprint density at radius 1 is 1.19 bits per heavy atom. The lowest BCUT2D eigenvalue weighted by molar-refractivity contribution is 0.833. The van der Waals surface area contributed by atoms with Crippen LogP contribution in [0.2, 0.25) is 0 Å². The summed E-state index contributed by atoms with van der Waals surface area (Å²) in [5, 5.41) is 4.73. The molecular formula is C16H16N4S. The average molecular weight is 296 g/mol. The largest absolute Gasteiger partial charge is 0.361 e. The fourth-order valence-electron chi connectivity index (χ4n) is 2.95. The van der Waals surface area contributed by atoms with Crippen LogP contribution in [0.25, 0.3) is 10.2 Å². The van der Waals surface area contributed by atoms with Gasteiger partial charge in [-0.1, -0.05) is 6.07 Å². The molecule has 21 heavy (non-hydrogen) atoms. The number of fused-ring (bicyclic) bond motifs is 3. The average Bonchev–Trinajstić information content (AvgIpc) is 3.09. The number of aryl methyl sites for hydroxylation is 2. The van der Waals surface area contributed by atoms with Crippen LogP contribution in [0.4, 0.5) is 5.82 Å². The maximum Gasteiger partial charge on any atom is 0.138 e. The van der Waals surface area contributed by atoms with E-state index >= 15 is 0 Å². The molecule has 0 amide bonds. The number of rotatable bonds is 3. The first-order chi connectivity index (χ1) is 10.3. The Balaban J connectivity index is 1.74. The second-order valence-corrected chi connectivity index (χ2v) is 6.46. The summed E-state index contributed by atoms with van der Waals surface area (Å²) < 4.78 is 0. The van der Waals surface area contributed by atoms with Gasteiger partial charge in [0.1, 0.15) is 17.0 Å². The predicted molar refractivity (Wildman–Crippen MR) is 85.7 cm³/mol. The van der Waals surface area contributed by atoms with Crippen molar-refractivity contribution in [1.82, 2.24) is 15.0 Å². The molecule has 1 aliphatic carbocycles. The molecule has 0 spiro atoms. The van der Waals surface area contributed by atoms with Gasteiger partial charge in [0, 0.05) is 11.1 Å². The summed E-state index contributed by atoms with van der Waals surface area (Å²) in [5.41, 5.74) is 2.47. The number of nitrogens with zero attached hydrogens (tertiary/aromatic N) is 3. The van der Waals surface area contributed by atoms with Gasteiger partial charge >= 0.3 is 0 Å². The quantitative estimate of drug-likeness (QED) is 0.799. The highest BCUT2D eigenvalue weighted by atomic mass is 32.1. The van der Waals surface area contributed by atoms with E-state index in [2.05, 4.69) is 27.2 Å². The van der Waals surface area contributed by atoms with Crippen molar-refractivity contribution in [2.75, 3.05) is 5.32 Å². The van der Waals surface area contributed by atoms with Crippen LogP contribution in [0.1, 0.15) is 35.5 Å². The monoisotopic (exact) mass is 296 g/mol. The Bertz CT molecular complexity index is 782. The van der Waals surface area contributed by atoms with Crippen LogP contribution in [0.5, 0.6) is 0 Å². The normalized spacial score (nSPS) is 15.1. The highest BCUT2D eigenvalue weighted by Gasteiger charge is 2.21. The van der Waals surface area contributed by atoms with Crippen LogP contribution in [-0.2, 0) is 12.8 Å². The summed E-state index contributed by atoms with van der Waals surface area (Å²) in [6, 6.07) is 6.11. The van der Waals surface area contributed by atoms with Gasteiger partial charge in [-0.15, -0.1) is 11.3 Å². The molecule has 0 aromatic carbocycles. The van der Waals surface area contributed by atoms with Gasteiger partial charge < -0.3 is 5.32 Å². The Morgan fingerprint density at radius 3 is 3.00 bits per heavy atom. The maximum absolute atomic E-state index is 4.48. The SMILES string of the molecule is C[C@H](Nc1ncnc2sc3c(c12)CCC3)c1ccccn1. The van der Waals surface area contributed by atoms with Crippen molar-refractivity contribution < 1.29 is 0 Å². The van der Waals surface area contributed by atoms with Gasteiger partial charge in [0.05, 0.1) is 17.1 Å². The van der Waals surface area contributed by atoms with E-state index in [1.54, 1.807) is 6.33 Å². The van der Waals surface area contributed by atoms with Crippen LogP contribution in [0, 0.1) is 0 Å². The Kier molecular flexibility index (Phi) is 3.07. The zero-order valence-corrected chi connectivity index (χ0v) is 12.7. The van der Waals surface area contributed by atoms with E-state index in [0.717, 1.165) is 22.8 Å². The first-order valence-corrected chi connectivity index (χ1v) is 8.07. The zero-order valence-electron chi connectivity index (χ0n) is 11.8. The summed E-state index contributed by atoms with van der Waals surface area (Å²) in [6.07, 6.45) is 7.06. The van der Waals surface area contributed by atoms with Crippen LogP contribution in [-0.4, -0.2) is 15.0 Å². The molecule has 3 heterocycles. The molecule has 0 unspecified atom stereocenters. The number of aromatic nitrogens is 3. The van der Waals surface area contributed by atoms with E-state index in [4.69, 9.17) is 0 Å². The molecule has 0 aliphatic heterocycles. The molecule has 1 N–H and O–H groups in total. The lowest BCUT2D eigenvalue weighted by Crippen LogP contribution is -2.10. The Morgan fingerprint density at radius 2 is 2.14 bits per heavy atom. The number of nitrogens with one attached hydrogen (secondary N) is 1. The lowest BCUT2D eigenvalue weighted by atomic mass is 10.1. The van der Waals surface area contributed by atoms with Gasteiger partial charge in [-0.3, -0.25) is 4.98 Å². The molecule has 3 aromatic rings. The molecule has 4 nitrogen and oxygen atoms in total. The van der Waals surface area contributed by atoms with Gasteiger partial charge in [-0.05, 0) is 43.9 Å². The predicted octanol–water partition coefficient (Wildman–Crippen LogP) is 3.75. The van der Waals surface area contributed by atoms with E-state index in [-0.39, 0.29) is 6.04 Å². The standard InChI is InChI=1S/C16H16N4S/c1-10(12-6-2-3-8-17-12)20-15-14-11-5-4-7-13(11)21-16(14)19-9-18-15/h2-3,6,8-10H,4-5,7H2,1H3,(H,18,19,20)/t10-/m0/s1. The first kappa shape index (κ1) is 12.7. The summed E-state index contributed by atoms with van der Waals surface area (Å²) in [7, 11) is 0. The van der Waals surface area contributed by atoms with Gasteiger partial charge in [-0.2, -0.15) is 0 Å². The molecule has 0 bridgehead atoms. The number of hydrogen-bond donors (Lipinski definition) is 1. The minimum atomic E-state index is 0.126. The third-order valence-corrected chi connectivity index (χ3v) is 5.19. The molecule has 4 rings (SSSR count). The van der Waals surface area contributed by atoms with Crippen molar-refractivity contribution in [3.63, 3.8) is 0 Å². The number of pyridine rings is 1. The fourth-order valence-corrected chi connectivity index (χ4v) is 4.18. The molecular weight excluding hydrogens is 280 g/mol. The molecule has 1 atom stereocenters. The molecule has 0 saturated carbocycles. The smallest absolute Gasteiger partial charge is 0.138 e. The zero-order chi connectivity index (χ0) is 14.2. The highest BCUT2D eigenvalue weighted by Crippen LogP contribution is 2.39. The molecule has 5 heteroatoms. The maximum atomic E-state index is 4.48. The first-order valence-electron chi connectivity index (χ1n) is 7.25. The van der Waals surface area contributed by atoms with Gasteiger partial charge in [0.25, 0.3) is 0 Å². The second-order valence-electron chi connectivity index (χ2n) is 5.38. The van der Waals surface area contributed by atoms with Crippen LogP contribution >= 0.6 is 11.3 Å². The summed E-state index contributed by atoms with van der Waals surface area (Å²) in [5.74, 6) is 0.942. The lowest BCUT2D eigenvalue weighted by Gasteiger charge is -2.14. The van der Waals surface area contributed by atoms with Crippen LogP contribution in [0.3, 0.4) is 0 Å². The van der Waals surface area contributed by atoms with E-state index < -0.39 is 0 Å². The van der Waals surface area contributed by atoms with E-state index in [1.165, 1.54) is 28.7 Å². The number of hydrogen-bond acceptors (Lipinski definition) is 5. The minimum absolute atomic E-state index is 0.126. The topological polar surface area (TPSA) is 50.7 Å². The summed E-state index contributed by atoms with van der Waals surface area (Å²) >= 11 is 1.82. The molecule has 0 radical (unpaired) electrons. The van der Waals surface area contributed by atoms with Crippen molar-refractivity contribution >= 4 is 27.4 Å². The van der Waals surface area contributed by atoms with E-state index in [0.29, 0.717) is 0 Å². The number of anilines is 1. The molecule has 3 aromatic heterocycles. The Hall–Kier alpha value is -2.01. The third-order valence-electron chi connectivity index (χ3n) is 3.99. The molecule has 0 saturated heterocycles. The van der Waals surface area contributed by atoms with Crippen molar-refractivity contribution in [1.29, 1.82) is 0 Å². The van der Waals surface area contributed by atoms with Crippen molar-refractivity contribution in [2.24, 2.45) is 0 Å². The summed E-state index contributed by atoms with van der Waals surface area (Å²) in [4.78, 5) is 15.9. The molecule has 0 fully saturated rings. The van der Waals surface area contributed by atoms with Crippen LogP contribution < -0.4 is 5.32 Å². The molecule has 106 valence electrons. The van der Waals surface area contributed by atoms with Gasteiger partial charge in [0.15, 0.2) is 0 Å². The van der Waals surface area contributed by atoms with Crippen molar-refractivity contribution in [3.05, 3.63) is 46.9 Å². The van der Waals surface area contributed by atoms with Gasteiger partial charge in [-0.25, -0.2) is 9.97 Å². The summed E-state index contributed by atoms with van der Waals surface area (Å²) in [6.45, 7) is 2.11. The number of thiophene rings is 1. The van der Waals surface area contributed by atoms with Crippen LogP contribution in [0.15, 0.2) is 30.7 Å². The van der Waals surface area contributed by atoms with E-state index in [1.807, 2.05) is 35.7 Å².